The Morgan fingerprint density at radius 3 is 2.76 bits per heavy atom. The Bertz CT molecular complexity index is 933. The van der Waals surface area contributed by atoms with Gasteiger partial charge in [0.15, 0.2) is 5.78 Å². The summed E-state index contributed by atoms with van der Waals surface area (Å²) < 4.78 is 5.77. The third-order valence-corrected chi connectivity index (χ3v) is 7.18. The van der Waals surface area contributed by atoms with Crippen molar-refractivity contribution in [3.63, 3.8) is 0 Å². The van der Waals surface area contributed by atoms with E-state index in [1.165, 1.54) is 15.3 Å². The Hall–Kier alpha value is -1.99. The second-order valence-electron chi connectivity index (χ2n) is 7.23. The van der Waals surface area contributed by atoms with Crippen LogP contribution in [-0.4, -0.2) is 41.6 Å². The lowest BCUT2D eigenvalue weighted by atomic mass is 9.98. The highest BCUT2D eigenvalue weighted by Crippen LogP contribution is 2.39. The van der Waals surface area contributed by atoms with Gasteiger partial charge < -0.3 is 9.84 Å². The predicted octanol–water partition coefficient (Wildman–Crippen LogP) is 4.79. The Kier molecular flexibility index (Phi) is 6.45. The lowest BCUT2D eigenvalue weighted by Gasteiger charge is -2.36. The van der Waals surface area contributed by atoms with Crippen LogP contribution < -0.4 is 4.74 Å². The van der Waals surface area contributed by atoms with Crippen LogP contribution in [0.5, 0.6) is 5.75 Å². The first-order chi connectivity index (χ1) is 14.2. The van der Waals surface area contributed by atoms with Crippen molar-refractivity contribution in [2.75, 3.05) is 19.7 Å². The van der Waals surface area contributed by atoms with Crippen molar-refractivity contribution in [3.05, 3.63) is 74.1 Å². The molecule has 1 aliphatic heterocycles. The number of nitrogens with zero attached hydrogens (tertiary/aromatic N) is 1. The fourth-order valence-electron chi connectivity index (χ4n) is 3.80. The van der Waals surface area contributed by atoms with Crippen LogP contribution in [0.3, 0.4) is 0 Å². The Balaban J connectivity index is 1.39. The summed E-state index contributed by atoms with van der Waals surface area (Å²) in [5, 5.41) is 14.9. The largest absolute Gasteiger partial charge is 0.491 e. The lowest BCUT2D eigenvalue weighted by Crippen LogP contribution is -2.41. The SMILES string of the molecule is CCC(=O)c1ccc(OC[C@@H](O)CN2CCc3sccc3[C@@H]2c2cccs2)cc1. The topological polar surface area (TPSA) is 49.8 Å². The lowest BCUT2D eigenvalue weighted by molar-refractivity contribution is 0.0562. The number of aliphatic hydroxyl groups excluding tert-OH is 1. The molecule has 0 unspecified atom stereocenters. The number of β-amino-alcohol motifs (C(OH)–C–C–N with tert-alkyl or cyclic N) is 1. The first-order valence-electron chi connectivity index (χ1n) is 9.93. The van der Waals surface area contributed by atoms with Gasteiger partial charge in [-0.2, -0.15) is 0 Å². The summed E-state index contributed by atoms with van der Waals surface area (Å²) in [4.78, 5) is 16.8. The minimum Gasteiger partial charge on any atom is -0.491 e. The van der Waals surface area contributed by atoms with Crippen molar-refractivity contribution in [2.24, 2.45) is 0 Å². The Labute approximate surface area is 179 Å². The van der Waals surface area contributed by atoms with Gasteiger partial charge in [-0.25, -0.2) is 0 Å². The third-order valence-electron chi connectivity index (χ3n) is 5.26. The van der Waals surface area contributed by atoms with Crippen LogP contribution in [0.25, 0.3) is 0 Å². The van der Waals surface area contributed by atoms with Gasteiger partial charge in [0, 0.05) is 34.8 Å². The molecule has 0 amide bonds. The number of fused-ring (bicyclic) bond motifs is 1. The van der Waals surface area contributed by atoms with Crippen LogP contribution in [0.15, 0.2) is 53.2 Å². The average Bonchev–Trinajstić information content (AvgIpc) is 3.44. The van der Waals surface area contributed by atoms with E-state index in [-0.39, 0.29) is 18.4 Å². The van der Waals surface area contributed by atoms with Crippen LogP contribution in [0.1, 0.15) is 45.1 Å². The van der Waals surface area contributed by atoms with E-state index in [0.717, 1.165) is 13.0 Å². The molecule has 0 aliphatic carbocycles. The van der Waals surface area contributed by atoms with Gasteiger partial charge in [-0.3, -0.25) is 9.69 Å². The molecule has 3 aromatic rings. The van der Waals surface area contributed by atoms with Crippen LogP contribution in [0.4, 0.5) is 0 Å². The number of thiophene rings is 2. The summed E-state index contributed by atoms with van der Waals surface area (Å²) in [6.07, 6.45) is 0.927. The van der Waals surface area contributed by atoms with E-state index in [2.05, 4.69) is 33.9 Å². The van der Waals surface area contributed by atoms with E-state index < -0.39 is 6.10 Å². The molecular weight excluding hydrogens is 402 g/mol. The van der Waals surface area contributed by atoms with Gasteiger partial charge in [-0.15, -0.1) is 22.7 Å². The molecule has 6 heteroatoms. The maximum atomic E-state index is 11.7. The average molecular weight is 428 g/mol. The molecule has 1 aromatic carbocycles. The smallest absolute Gasteiger partial charge is 0.162 e. The van der Waals surface area contributed by atoms with Gasteiger partial charge in [0.05, 0.1) is 6.04 Å². The molecule has 0 spiro atoms. The maximum absolute atomic E-state index is 11.7. The zero-order chi connectivity index (χ0) is 20.2. The second kappa shape index (κ2) is 9.22. The zero-order valence-electron chi connectivity index (χ0n) is 16.4. The van der Waals surface area contributed by atoms with Gasteiger partial charge in [-0.05, 0) is 59.1 Å². The summed E-state index contributed by atoms with van der Waals surface area (Å²) >= 11 is 3.59. The molecule has 0 bridgehead atoms. The number of aliphatic hydroxyl groups is 1. The van der Waals surface area contributed by atoms with Crippen molar-refractivity contribution >= 4 is 28.5 Å². The number of benzene rings is 1. The molecule has 2 atom stereocenters. The number of ether oxygens (including phenoxy) is 1. The highest BCUT2D eigenvalue weighted by atomic mass is 32.1. The summed E-state index contributed by atoms with van der Waals surface area (Å²) in [5.41, 5.74) is 2.06. The van der Waals surface area contributed by atoms with Crippen LogP contribution in [-0.2, 0) is 6.42 Å². The van der Waals surface area contributed by atoms with E-state index in [1.807, 2.05) is 18.3 Å². The van der Waals surface area contributed by atoms with Gasteiger partial charge >= 0.3 is 0 Å². The molecule has 2 aromatic heterocycles. The summed E-state index contributed by atoms with van der Waals surface area (Å²) in [6, 6.07) is 13.8. The summed E-state index contributed by atoms with van der Waals surface area (Å²) in [6.45, 7) is 3.57. The highest BCUT2D eigenvalue weighted by Gasteiger charge is 2.31. The third kappa shape index (κ3) is 4.61. The standard InChI is InChI=1S/C23H25NO3S2/c1-2-20(26)16-5-7-18(8-6-16)27-15-17(25)14-24-11-9-21-19(10-13-29-21)23(24)22-4-3-12-28-22/h3-8,10,12-13,17,23,25H,2,9,11,14-15H2,1H3/t17-,23+/m0/s1. The number of rotatable bonds is 8. The molecule has 1 aliphatic rings. The summed E-state index contributed by atoms with van der Waals surface area (Å²) in [5.74, 6) is 0.791. The number of Topliss-reactive ketones (excluding diaryl/α,β-unsaturated/α-hetero) is 1. The van der Waals surface area contributed by atoms with Crippen molar-refractivity contribution < 1.29 is 14.6 Å². The number of carbonyl (C=O) groups is 1. The zero-order valence-corrected chi connectivity index (χ0v) is 18.0. The van der Waals surface area contributed by atoms with Crippen LogP contribution in [0.2, 0.25) is 0 Å². The maximum Gasteiger partial charge on any atom is 0.162 e. The number of hydrogen-bond donors (Lipinski definition) is 1. The molecule has 0 radical (unpaired) electrons. The quantitative estimate of drug-likeness (QED) is 0.525. The molecule has 4 nitrogen and oxygen atoms in total. The first kappa shape index (κ1) is 20.3. The van der Waals surface area contributed by atoms with Crippen LogP contribution in [0, 0.1) is 0 Å². The van der Waals surface area contributed by atoms with Gasteiger partial charge in [0.25, 0.3) is 0 Å². The van der Waals surface area contributed by atoms with E-state index in [4.69, 9.17) is 4.74 Å². The van der Waals surface area contributed by atoms with Crippen LogP contribution >= 0.6 is 22.7 Å². The highest BCUT2D eigenvalue weighted by molar-refractivity contribution is 7.10. The number of ketones is 1. The normalized spacial score (nSPS) is 17.7. The van der Waals surface area contributed by atoms with Crippen molar-refractivity contribution in [3.8, 4) is 5.75 Å². The molecule has 29 heavy (non-hydrogen) atoms. The van der Waals surface area contributed by atoms with Crippen molar-refractivity contribution in [1.29, 1.82) is 0 Å². The van der Waals surface area contributed by atoms with E-state index >= 15 is 0 Å². The minimum absolute atomic E-state index is 0.120. The molecule has 152 valence electrons. The van der Waals surface area contributed by atoms with E-state index in [0.29, 0.717) is 24.3 Å². The summed E-state index contributed by atoms with van der Waals surface area (Å²) in [7, 11) is 0. The molecule has 4 rings (SSSR count). The monoisotopic (exact) mass is 427 g/mol. The number of carbonyl (C=O) groups excluding carboxylic acids is 1. The molecular formula is C23H25NO3S2. The minimum atomic E-state index is -0.588. The fraction of sp³-hybridized carbons (Fsp3) is 0.348. The molecule has 0 fully saturated rings. The van der Waals surface area contributed by atoms with E-state index in [9.17, 15) is 9.90 Å². The molecule has 1 N–H and O–H groups in total. The van der Waals surface area contributed by atoms with E-state index in [1.54, 1.807) is 35.6 Å². The Morgan fingerprint density at radius 2 is 2.03 bits per heavy atom. The predicted molar refractivity (Wildman–Crippen MR) is 118 cm³/mol. The number of hydrogen-bond acceptors (Lipinski definition) is 6. The molecule has 3 heterocycles. The van der Waals surface area contributed by atoms with Gasteiger partial charge in [-0.1, -0.05) is 13.0 Å². The van der Waals surface area contributed by atoms with Gasteiger partial charge in [0.2, 0.25) is 0 Å². The second-order valence-corrected chi connectivity index (χ2v) is 9.21. The fourth-order valence-corrected chi connectivity index (χ4v) is 5.58. The van der Waals surface area contributed by atoms with Crippen molar-refractivity contribution in [2.45, 2.75) is 31.9 Å². The molecule has 0 saturated carbocycles. The van der Waals surface area contributed by atoms with Gasteiger partial charge in [0.1, 0.15) is 18.5 Å². The molecule has 0 saturated heterocycles. The first-order valence-corrected chi connectivity index (χ1v) is 11.7. The Morgan fingerprint density at radius 1 is 1.21 bits per heavy atom. The van der Waals surface area contributed by atoms with Crippen molar-refractivity contribution in [1.82, 2.24) is 4.90 Å².